The van der Waals surface area contributed by atoms with Gasteiger partial charge in [0, 0.05) is 31.4 Å². The third kappa shape index (κ3) is 5.53. The lowest BCUT2D eigenvalue weighted by Gasteiger charge is -2.07. The molecule has 2 N–H and O–H groups in total. The van der Waals surface area contributed by atoms with E-state index in [0.29, 0.717) is 13.0 Å². The van der Waals surface area contributed by atoms with Gasteiger partial charge < -0.3 is 10.6 Å². The lowest BCUT2D eigenvalue weighted by Crippen LogP contribution is -2.27. The summed E-state index contributed by atoms with van der Waals surface area (Å²) in [5, 5.41) is 10.0. The number of hydrogen-bond donors (Lipinski definition) is 2. The van der Waals surface area contributed by atoms with Crippen molar-refractivity contribution in [2.75, 3.05) is 11.9 Å². The summed E-state index contributed by atoms with van der Waals surface area (Å²) >= 11 is 0. The standard InChI is InChI=1S/C18H24N4O2/c1-13-11-14(2)22(21-13)10-4-9-19-18(24)12-16-5-7-17(8-6-16)20-15(3)23/h5-8,11H,4,9-10,12H2,1-3H3,(H,19,24)(H,20,23). The molecular weight excluding hydrogens is 304 g/mol. The van der Waals surface area contributed by atoms with Gasteiger partial charge in [0.15, 0.2) is 0 Å². The van der Waals surface area contributed by atoms with E-state index in [1.165, 1.54) is 6.92 Å². The summed E-state index contributed by atoms with van der Waals surface area (Å²) < 4.78 is 1.96. The van der Waals surface area contributed by atoms with Gasteiger partial charge in [-0.25, -0.2) is 0 Å². The molecule has 0 unspecified atom stereocenters. The van der Waals surface area contributed by atoms with E-state index < -0.39 is 0 Å². The molecule has 0 fully saturated rings. The number of hydrogen-bond acceptors (Lipinski definition) is 3. The number of benzene rings is 1. The van der Waals surface area contributed by atoms with Crippen LogP contribution in [0.3, 0.4) is 0 Å². The maximum absolute atomic E-state index is 12.0. The van der Waals surface area contributed by atoms with Gasteiger partial charge in [-0.2, -0.15) is 5.10 Å². The molecule has 0 spiro atoms. The number of carbonyl (C=O) groups is 2. The van der Waals surface area contributed by atoms with Gasteiger partial charge in [-0.15, -0.1) is 0 Å². The van der Waals surface area contributed by atoms with Gasteiger partial charge in [0.25, 0.3) is 0 Å². The molecule has 0 saturated carbocycles. The highest BCUT2D eigenvalue weighted by atomic mass is 16.2. The average molecular weight is 328 g/mol. The van der Waals surface area contributed by atoms with Gasteiger partial charge in [0.2, 0.25) is 11.8 Å². The van der Waals surface area contributed by atoms with E-state index in [1.807, 2.05) is 36.7 Å². The molecule has 2 aromatic rings. The molecule has 6 nitrogen and oxygen atoms in total. The number of rotatable bonds is 7. The van der Waals surface area contributed by atoms with Crippen molar-refractivity contribution in [2.45, 2.75) is 40.2 Å². The van der Waals surface area contributed by atoms with Gasteiger partial charge >= 0.3 is 0 Å². The molecule has 0 aliphatic rings. The number of amides is 2. The molecule has 0 atom stereocenters. The Balaban J connectivity index is 1.71. The van der Waals surface area contributed by atoms with Crippen molar-refractivity contribution in [3.05, 3.63) is 47.3 Å². The molecule has 1 heterocycles. The maximum Gasteiger partial charge on any atom is 0.224 e. The smallest absolute Gasteiger partial charge is 0.224 e. The summed E-state index contributed by atoms with van der Waals surface area (Å²) in [6.45, 7) is 6.89. The Morgan fingerprint density at radius 2 is 1.88 bits per heavy atom. The molecule has 0 aliphatic carbocycles. The third-order valence-electron chi connectivity index (χ3n) is 3.61. The van der Waals surface area contributed by atoms with E-state index in [9.17, 15) is 9.59 Å². The highest BCUT2D eigenvalue weighted by molar-refractivity contribution is 5.88. The first-order valence-corrected chi connectivity index (χ1v) is 8.08. The van der Waals surface area contributed by atoms with Crippen molar-refractivity contribution in [2.24, 2.45) is 0 Å². The fourth-order valence-corrected chi connectivity index (χ4v) is 2.52. The van der Waals surface area contributed by atoms with Crippen LogP contribution in [0.25, 0.3) is 0 Å². The summed E-state index contributed by atoms with van der Waals surface area (Å²) in [5.41, 5.74) is 3.80. The molecular formula is C18H24N4O2. The van der Waals surface area contributed by atoms with Gasteiger partial charge in [-0.1, -0.05) is 12.1 Å². The fraction of sp³-hybridized carbons (Fsp3) is 0.389. The van der Waals surface area contributed by atoms with Gasteiger partial charge in [0.1, 0.15) is 0 Å². The van der Waals surface area contributed by atoms with E-state index in [0.717, 1.165) is 35.6 Å². The van der Waals surface area contributed by atoms with Crippen molar-refractivity contribution < 1.29 is 9.59 Å². The zero-order valence-corrected chi connectivity index (χ0v) is 14.4. The van der Waals surface area contributed by atoms with Crippen molar-refractivity contribution >= 4 is 17.5 Å². The molecule has 2 rings (SSSR count). The maximum atomic E-state index is 12.0. The third-order valence-corrected chi connectivity index (χ3v) is 3.61. The molecule has 0 radical (unpaired) electrons. The predicted molar refractivity (Wildman–Crippen MR) is 93.8 cm³/mol. The van der Waals surface area contributed by atoms with Crippen LogP contribution in [0.15, 0.2) is 30.3 Å². The van der Waals surface area contributed by atoms with Crippen LogP contribution in [0.4, 0.5) is 5.69 Å². The summed E-state index contributed by atoms with van der Waals surface area (Å²) in [6.07, 6.45) is 1.18. The first-order valence-electron chi connectivity index (χ1n) is 8.08. The fourth-order valence-electron chi connectivity index (χ4n) is 2.52. The second-order valence-electron chi connectivity index (χ2n) is 5.91. The van der Waals surface area contributed by atoms with E-state index in [1.54, 1.807) is 12.1 Å². The van der Waals surface area contributed by atoms with Crippen molar-refractivity contribution in [1.82, 2.24) is 15.1 Å². The SMILES string of the molecule is CC(=O)Nc1ccc(CC(=O)NCCCn2nc(C)cc2C)cc1. The Labute approximate surface area is 142 Å². The van der Waals surface area contributed by atoms with Crippen LogP contribution >= 0.6 is 0 Å². The number of anilines is 1. The highest BCUT2D eigenvalue weighted by Crippen LogP contribution is 2.10. The lowest BCUT2D eigenvalue weighted by molar-refractivity contribution is -0.120. The molecule has 24 heavy (non-hydrogen) atoms. The first kappa shape index (κ1) is 17.7. The Morgan fingerprint density at radius 3 is 2.46 bits per heavy atom. The van der Waals surface area contributed by atoms with Crippen molar-refractivity contribution in [1.29, 1.82) is 0 Å². The highest BCUT2D eigenvalue weighted by Gasteiger charge is 2.04. The Kier molecular flexibility index (Phi) is 6.12. The Morgan fingerprint density at radius 1 is 1.17 bits per heavy atom. The predicted octanol–water partition coefficient (Wildman–Crippen LogP) is 2.21. The van der Waals surface area contributed by atoms with Crippen LogP contribution in [-0.2, 0) is 22.6 Å². The quantitative estimate of drug-likeness (QED) is 0.765. The molecule has 1 aromatic carbocycles. The average Bonchev–Trinajstić information content (AvgIpc) is 2.83. The number of nitrogens with one attached hydrogen (secondary N) is 2. The van der Waals surface area contributed by atoms with Gasteiger partial charge in [0.05, 0.1) is 12.1 Å². The van der Waals surface area contributed by atoms with Crippen LogP contribution < -0.4 is 10.6 Å². The van der Waals surface area contributed by atoms with Crippen LogP contribution in [0, 0.1) is 13.8 Å². The lowest BCUT2D eigenvalue weighted by atomic mass is 10.1. The van der Waals surface area contributed by atoms with E-state index in [4.69, 9.17) is 0 Å². The van der Waals surface area contributed by atoms with Crippen molar-refractivity contribution in [3.8, 4) is 0 Å². The van der Waals surface area contributed by atoms with Gasteiger partial charge in [-0.05, 0) is 44.0 Å². The summed E-state index contributed by atoms with van der Waals surface area (Å²) in [5.74, 6) is -0.112. The number of nitrogens with zero attached hydrogens (tertiary/aromatic N) is 2. The van der Waals surface area contributed by atoms with Crippen LogP contribution in [0.1, 0.15) is 30.3 Å². The van der Waals surface area contributed by atoms with E-state index in [2.05, 4.69) is 15.7 Å². The van der Waals surface area contributed by atoms with Gasteiger partial charge in [-0.3, -0.25) is 14.3 Å². The number of carbonyl (C=O) groups excluding carboxylic acids is 2. The summed E-state index contributed by atoms with van der Waals surface area (Å²) in [6, 6.07) is 9.34. The number of aromatic nitrogens is 2. The molecule has 1 aromatic heterocycles. The van der Waals surface area contributed by atoms with E-state index in [-0.39, 0.29) is 11.8 Å². The normalized spacial score (nSPS) is 10.5. The number of aryl methyl sites for hydroxylation is 3. The van der Waals surface area contributed by atoms with Crippen LogP contribution in [0.2, 0.25) is 0 Å². The minimum Gasteiger partial charge on any atom is -0.356 e. The second-order valence-corrected chi connectivity index (χ2v) is 5.91. The van der Waals surface area contributed by atoms with Crippen LogP contribution in [-0.4, -0.2) is 28.1 Å². The Bertz CT molecular complexity index is 704. The zero-order chi connectivity index (χ0) is 17.5. The monoisotopic (exact) mass is 328 g/mol. The molecule has 0 saturated heterocycles. The van der Waals surface area contributed by atoms with E-state index >= 15 is 0 Å². The molecule has 2 amide bonds. The topological polar surface area (TPSA) is 76.0 Å². The van der Waals surface area contributed by atoms with Crippen molar-refractivity contribution in [3.63, 3.8) is 0 Å². The second kappa shape index (κ2) is 8.29. The minimum atomic E-state index is -0.108. The molecule has 6 heteroatoms. The zero-order valence-electron chi connectivity index (χ0n) is 14.4. The molecule has 0 bridgehead atoms. The Hall–Kier alpha value is -2.63. The molecule has 0 aliphatic heterocycles. The summed E-state index contributed by atoms with van der Waals surface area (Å²) in [4.78, 5) is 22.9. The molecule has 128 valence electrons. The first-order chi connectivity index (χ1) is 11.4. The largest absolute Gasteiger partial charge is 0.356 e. The minimum absolute atomic E-state index is 0.00403. The summed E-state index contributed by atoms with van der Waals surface area (Å²) in [7, 11) is 0. The van der Waals surface area contributed by atoms with Crippen LogP contribution in [0.5, 0.6) is 0 Å².